The van der Waals surface area contributed by atoms with E-state index in [1.807, 2.05) is 20.8 Å². The molecule has 1 atom stereocenters. The molecular formula is C28H25F6O3P. The number of carbonyl (C=O) groups is 2. The second-order valence-electron chi connectivity index (χ2n) is 9.99. The molecule has 10 heteroatoms. The van der Waals surface area contributed by atoms with Gasteiger partial charge in [0, 0.05) is 22.0 Å². The first-order valence-corrected chi connectivity index (χ1v) is 12.9. The van der Waals surface area contributed by atoms with Gasteiger partial charge in [0.15, 0.2) is 13.6 Å². The van der Waals surface area contributed by atoms with Gasteiger partial charge in [0.1, 0.15) is 0 Å². The summed E-state index contributed by atoms with van der Waals surface area (Å²) in [4.78, 5) is 26.3. The van der Waals surface area contributed by atoms with Gasteiger partial charge in [0.05, 0.1) is 11.1 Å². The van der Waals surface area contributed by atoms with Crippen LogP contribution in [0, 0.1) is 13.8 Å². The number of hydrogen-bond acceptors (Lipinski definition) is 3. The zero-order valence-electron chi connectivity index (χ0n) is 21.2. The molecule has 0 N–H and O–H groups in total. The van der Waals surface area contributed by atoms with Crippen LogP contribution >= 0.6 is 7.80 Å². The Morgan fingerprint density at radius 1 is 0.763 bits per heavy atom. The van der Waals surface area contributed by atoms with Crippen LogP contribution in [0.25, 0.3) is 0 Å². The summed E-state index contributed by atoms with van der Waals surface area (Å²) in [6.45, 7) is 8.65. The summed E-state index contributed by atoms with van der Waals surface area (Å²) in [6, 6.07) is 10.6. The van der Waals surface area contributed by atoms with Gasteiger partial charge >= 0.3 is 12.4 Å². The molecule has 0 aliphatic carbocycles. The van der Waals surface area contributed by atoms with Crippen molar-refractivity contribution >= 4 is 24.4 Å². The van der Waals surface area contributed by atoms with Crippen molar-refractivity contribution in [3.8, 4) is 0 Å². The van der Waals surface area contributed by atoms with Crippen molar-refractivity contribution in [1.29, 1.82) is 0 Å². The number of halogens is 6. The highest BCUT2D eigenvalue weighted by Crippen LogP contribution is 2.44. The standard InChI is InChI=1S/C28H25F6O3P/c1-15-13-18(26(3,4)5)14-16(2)21(15)25(36)38(37)24-20(27(29,30)31)12-11-19(22(24)28(32,33)34)23(35)17-9-7-6-8-10-17/h6-14,38H,1-5H3. The van der Waals surface area contributed by atoms with E-state index in [0.29, 0.717) is 6.07 Å². The zero-order chi connectivity index (χ0) is 28.8. The highest BCUT2D eigenvalue weighted by Gasteiger charge is 2.46. The Kier molecular flexibility index (Phi) is 7.86. The number of rotatable bonds is 5. The fraction of sp³-hybridized carbons (Fsp3) is 0.286. The summed E-state index contributed by atoms with van der Waals surface area (Å²) in [5.74, 6) is -1.21. The van der Waals surface area contributed by atoms with Gasteiger partial charge in [0.25, 0.3) is 0 Å². The number of benzene rings is 3. The maximum absolute atomic E-state index is 14.4. The molecule has 0 bridgehead atoms. The minimum absolute atomic E-state index is 0.206. The molecule has 0 saturated carbocycles. The summed E-state index contributed by atoms with van der Waals surface area (Å²) in [7, 11) is -4.43. The third-order valence-electron chi connectivity index (χ3n) is 6.13. The first kappa shape index (κ1) is 29.4. The van der Waals surface area contributed by atoms with Crippen molar-refractivity contribution in [1.82, 2.24) is 0 Å². The van der Waals surface area contributed by atoms with Crippen molar-refractivity contribution in [2.24, 2.45) is 0 Å². The van der Waals surface area contributed by atoms with E-state index >= 15 is 0 Å². The highest BCUT2D eigenvalue weighted by molar-refractivity contribution is 7.71. The highest BCUT2D eigenvalue weighted by atomic mass is 31.1. The lowest BCUT2D eigenvalue weighted by Gasteiger charge is -2.23. The van der Waals surface area contributed by atoms with Crippen molar-refractivity contribution in [3.63, 3.8) is 0 Å². The molecule has 0 heterocycles. The molecule has 3 nitrogen and oxygen atoms in total. The Hall–Kier alpha value is -3.19. The molecule has 0 fully saturated rings. The monoisotopic (exact) mass is 554 g/mol. The number of alkyl halides is 6. The van der Waals surface area contributed by atoms with Gasteiger partial charge in [-0.25, -0.2) is 0 Å². The molecule has 0 amide bonds. The Bertz CT molecular complexity index is 1410. The van der Waals surface area contributed by atoms with Crippen LogP contribution in [-0.4, -0.2) is 11.3 Å². The van der Waals surface area contributed by atoms with Crippen LogP contribution < -0.4 is 5.30 Å². The molecule has 0 aliphatic heterocycles. The molecule has 0 spiro atoms. The van der Waals surface area contributed by atoms with Gasteiger partial charge in [-0.2, -0.15) is 26.3 Å². The summed E-state index contributed by atoms with van der Waals surface area (Å²) < 4.78 is 98.5. The quantitative estimate of drug-likeness (QED) is 0.183. The smallest absolute Gasteiger partial charge is 0.313 e. The number of hydrogen-bond donors (Lipinski definition) is 0. The average molecular weight is 554 g/mol. The fourth-order valence-electron chi connectivity index (χ4n) is 4.29. The Morgan fingerprint density at radius 3 is 1.74 bits per heavy atom. The third-order valence-corrected chi connectivity index (χ3v) is 7.77. The van der Waals surface area contributed by atoms with Gasteiger partial charge in [0.2, 0.25) is 5.52 Å². The summed E-state index contributed by atoms with van der Waals surface area (Å²) in [5.41, 5.74) is -5.78. The lowest BCUT2D eigenvalue weighted by Crippen LogP contribution is -2.30. The van der Waals surface area contributed by atoms with Crippen LogP contribution in [0.5, 0.6) is 0 Å². The molecule has 3 rings (SSSR count). The van der Waals surface area contributed by atoms with Gasteiger partial charge < -0.3 is 4.57 Å². The predicted molar refractivity (Wildman–Crippen MR) is 134 cm³/mol. The SMILES string of the molecule is Cc1cc(C(C)(C)C)cc(C)c1C(=O)[PH](=O)c1c(C(F)(F)F)ccc(C(=O)c2ccccc2)c1C(F)(F)F. The maximum Gasteiger partial charge on any atom is 0.417 e. The second kappa shape index (κ2) is 10.2. The van der Waals surface area contributed by atoms with Gasteiger partial charge in [-0.3, -0.25) is 9.59 Å². The van der Waals surface area contributed by atoms with E-state index < -0.39 is 53.5 Å². The minimum Gasteiger partial charge on any atom is -0.313 e. The molecule has 0 aliphatic rings. The van der Waals surface area contributed by atoms with Crippen LogP contribution in [0.2, 0.25) is 0 Å². The molecule has 202 valence electrons. The Morgan fingerprint density at radius 2 is 1.29 bits per heavy atom. The molecule has 3 aromatic rings. The number of carbonyl (C=O) groups excluding carboxylic acids is 2. The van der Waals surface area contributed by atoms with Crippen LogP contribution in [0.1, 0.15) is 74.9 Å². The van der Waals surface area contributed by atoms with E-state index in [2.05, 4.69) is 0 Å². The van der Waals surface area contributed by atoms with Gasteiger partial charge in [-0.1, -0.05) is 63.2 Å². The van der Waals surface area contributed by atoms with Crippen molar-refractivity contribution in [2.75, 3.05) is 0 Å². The van der Waals surface area contributed by atoms with E-state index in [1.54, 1.807) is 12.1 Å². The van der Waals surface area contributed by atoms with E-state index in [0.717, 1.165) is 5.56 Å². The van der Waals surface area contributed by atoms with E-state index in [1.165, 1.54) is 44.2 Å². The van der Waals surface area contributed by atoms with Crippen molar-refractivity contribution in [3.05, 3.63) is 99.1 Å². The first-order chi connectivity index (χ1) is 17.4. The second-order valence-corrected chi connectivity index (χ2v) is 11.6. The molecular weight excluding hydrogens is 529 g/mol. The number of ketones is 1. The van der Waals surface area contributed by atoms with Crippen LogP contribution in [0.3, 0.4) is 0 Å². The van der Waals surface area contributed by atoms with E-state index in [9.17, 15) is 40.5 Å². The van der Waals surface area contributed by atoms with E-state index in [4.69, 9.17) is 0 Å². The Labute approximate surface area is 216 Å². The molecule has 0 saturated heterocycles. The molecule has 1 unspecified atom stereocenters. The normalized spacial score (nSPS) is 13.3. The lowest BCUT2D eigenvalue weighted by molar-refractivity contribution is -0.141. The van der Waals surface area contributed by atoms with Crippen LogP contribution in [0.4, 0.5) is 26.3 Å². The number of aryl methyl sites for hydroxylation is 2. The largest absolute Gasteiger partial charge is 0.417 e. The molecule has 0 radical (unpaired) electrons. The molecule has 38 heavy (non-hydrogen) atoms. The van der Waals surface area contributed by atoms with E-state index in [-0.39, 0.29) is 33.7 Å². The fourth-order valence-corrected chi connectivity index (χ4v) is 6.11. The lowest BCUT2D eigenvalue weighted by atomic mass is 9.84. The van der Waals surface area contributed by atoms with Crippen LogP contribution in [0.15, 0.2) is 54.6 Å². The zero-order valence-corrected chi connectivity index (χ0v) is 22.2. The molecule has 0 aromatic heterocycles. The topological polar surface area (TPSA) is 51.2 Å². The summed E-state index contributed by atoms with van der Waals surface area (Å²) in [6.07, 6.45) is -10.9. The summed E-state index contributed by atoms with van der Waals surface area (Å²) in [5, 5.41) is -1.71. The predicted octanol–water partition coefficient (Wildman–Crippen LogP) is 7.89. The van der Waals surface area contributed by atoms with Gasteiger partial charge in [-0.05, 0) is 48.1 Å². The minimum atomic E-state index is -5.52. The Balaban J connectivity index is 2.33. The maximum atomic E-state index is 14.4. The summed E-state index contributed by atoms with van der Waals surface area (Å²) >= 11 is 0. The third kappa shape index (κ3) is 5.78. The average Bonchev–Trinajstić information content (AvgIpc) is 2.80. The van der Waals surface area contributed by atoms with Crippen molar-refractivity contribution in [2.45, 2.75) is 52.4 Å². The first-order valence-electron chi connectivity index (χ1n) is 11.5. The molecule has 3 aromatic carbocycles. The van der Waals surface area contributed by atoms with Crippen molar-refractivity contribution < 1.29 is 40.5 Å². The van der Waals surface area contributed by atoms with Gasteiger partial charge in [-0.15, -0.1) is 0 Å². The van der Waals surface area contributed by atoms with Crippen LogP contribution in [-0.2, 0) is 22.3 Å².